The molecule has 2 unspecified atom stereocenters. The quantitative estimate of drug-likeness (QED) is 0.900. The van der Waals surface area contributed by atoms with Gasteiger partial charge in [-0.05, 0) is 18.3 Å². The van der Waals surface area contributed by atoms with E-state index in [1.54, 1.807) is 4.90 Å². The van der Waals surface area contributed by atoms with E-state index in [1.807, 2.05) is 30.3 Å². The molecule has 6 nitrogen and oxygen atoms in total. The summed E-state index contributed by atoms with van der Waals surface area (Å²) in [5.74, 6) is 1.28. The molecule has 1 aromatic heterocycles. The predicted molar refractivity (Wildman–Crippen MR) is 89.7 cm³/mol. The number of rotatable bonds is 2. The van der Waals surface area contributed by atoms with E-state index < -0.39 is 6.09 Å². The first-order chi connectivity index (χ1) is 11.4. The van der Waals surface area contributed by atoms with Gasteiger partial charge in [-0.25, -0.2) is 4.79 Å². The maximum absolute atomic E-state index is 11.5. The van der Waals surface area contributed by atoms with E-state index in [-0.39, 0.29) is 17.4 Å². The Labute approximate surface area is 141 Å². The van der Waals surface area contributed by atoms with Crippen LogP contribution in [0.4, 0.5) is 4.79 Å². The first kappa shape index (κ1) is 16.5. The van der Waals surface area contributed by atoms with Crippen molar-refractivity contribution in [1.82, 2.24) is 15.0 Å². The van der Waals surface area contributed by atoms with E-state index in [2.05, 4.69) is 30.9 Å². The van der Waals surface area contributed by atoms with Crippen molar-refractivity contribution in [2.75, 3.05) is 6.54 Å². The zero-order chi connectivity index (χ0) is 17.3. The molecule has 0 bridgehead atoms. The number of likely N-dealkylation sites (tertiary alicyclic amines) is 1. The third-order valence-corrected chi connectivity index (χ3v) is 4.67. The second-order valence-electron chi connectivity index (χ2n) is 7.40. The van der Waals surface area contributed by atoms with Gasteiger partial charge in [-0.3, -0.25) is 0 Å². The van der Waals surface area contributed by atoms with Crippen LogP contribution in [0.15, 0.2) is 34.9 Å². The summed E-state index contributed by atoms with van der Waals surface area (Å²) in [6, 6.07) is 9.64. The van der Waals surface area contributed by atoms with E-state index in [0.717, 1.165) is 5.56 Å². The minimum absolute atomic E-state index is 0.0687. The zero-order valence-corrected chi connectivity index (χ0v) is 14.3. The lowest BCUT2D eigenvalue weighted by Crippen LogP contribution is -2.51. The average Bonchev–Trinajstić information content (AvgIpc) is 3.04. The molecule has 1 saturated heterocycles. The number of piperidine rings is 1. The number of benzene rings is 1. The van der Waals surface area contributed by atoms with Crippen molar-refractivity contribution < 1.29 is 14.4 Å². The summed E-state index contributed by atoms with van der Waals surface area (Å²) >= 11 is 0. The van der Waals surface area contributed by atoms with Crippen molar-refractivity contribution in [3.05, 3.63) is 36.2 Å². The molecule has 1 N–H and O–H groups in total. The fourth-order valence-corrected chi connectivity index (χ4v) is 3.35. The van der Waals surface area contributed by atoms with Crippen LogP contribution in [0.25, 0.3) is 11.4 Å². The summed E-state index contributed by atoms with van der Waals surface area (Å²) in [4.78, 5) is 17.6. The largest absolute Gasteiger partial charge is 0.465 e. The predicted octanol–water partition coefficient (Wildman–Crippen LogP) is 4.01. The minimum Gasteiger partial charge on any atom is -0.465 e. The lowest BCUT2D eigenvalue weighted by atomic mass is 9.77. The number of carboxylic acid groups (broad SMARTS) is 1. The molecular formula is C18H23N3O3. The molecule has 1 amide bonds. The summed E-state index contributed by atoms with van der Waals surface area (Å²) in [6.07, 6.45) is 0.547. The fraction of sp³-hybridized carbons (Fsp3) is 0.500. The maximum atomic E-state index is 11.5. The van der Waals surface area contributed by atoms with Crippen LogP contribution in [0.3, 0.4) is 0 Å². The van der Waals surface area contributed by atoms with Gasteiger partial charge in [0.1, 0.15) is 0 Å². The van der Waals surface area contributed by atoms with Gasteiger partial charge in [-0.1, -0.05) is 56.3 Å². The van der Waals surface area contributed by atoms with Gasteiger partial charge in [-0.2, -0.15) is 4.98 Å². The Morgan fingerprint density at radius 3 is 2.62 bits per heavy atom. The summed E-state index contributed by atoms with van der Waals surface area (Å²) in [7, 11) is 0. The number of hydrogen-bond donors (Lipinski definition) is 1. The highest BCUT2D eigenvalue weighted by atomic mass is 16.5. The molecule has 2 heterocycles. The Hall–Kier alpha value is -2.37. The molecule has 128 valence electrons. The molecule has 24 heavy (non-hydrogen) atoms. The van der Waals surface area contributed by atoms with Crippen LogP contribution in [0, 0.1) is 5.41 Å². The number of hydrogen-bond acceptors (Lipinski definition) is 4. The zero-order valence-electron chi connectivity index (χ0n) is 14.3. The lowest BCUT2D eigenvalue weighted by Gasteiger charge is -2.43. The first-order valence-electron chi connectivity index (χ1n) is 8.25. The van der Waals surface area contributed by atoms with Crippen LogP contribution in [0.5, 0.6) is 0 Å². The number of nitrogens with zero attached hydrogens (tertiary/aromatic N) is 3. The second kappa shape index (κ2) is 6.26. The van der Waals surface area contributed by atoms with Crippen molar-refractivity contribution >= 4 is 6.09 Å². The number of carbonyl (C=O) groups is 1. The van der Waals surface area contributed by atoms with Gasteiger partial charge in [0, 0.05) is 24.1 Å². The highest BCUT2D eigenvalue weighted by Crippen LogP contribution is 2.38. The highest BCUT2D eigenvalue weighted by molar-refractivity contribution is 5.65. The number of amides is 1. The molecule has 1 aliphatic rings. The van der Waals surface area contributed by atoms with Crippen molar-refractivity contribution in [3.8, 4) is 11.4 Å². The van der Waals surface area contributed by atoms with E-state index in [0.29, 0.717) is 31.1 Å². The first-order valence-corrected chi connectivity index (χ1v) is 8.25. The Kier molecular flexibility index (Phi) is 4.30. The standard InChI is InChI=1S/C18H23N3O3/c1-18(2,3)14-11-13(9-10-21(14)17(22)23)16-19-15(20-24-16)12-7-5-4-6-8-12/h4-8,13-14H,9-11H2,1-3H3,(H,22,23). The summed E-state index contributed by atoms with van der Waals surface area (Å²) in [6.45, 7) is 6.70. The molecule has 0 spiro atoms. The van der Waals surface area contributed by atoms with E-state index in [1.165, 1.54) is 0 Å². The molecule has 0 radical (unpaired) electrons. The van der Waals surface area contributed by atoms with Crippen LogP contribution in [-0.2, 0) is 0 Å². The molecule has 1 fully saturated rings. The SMILES string of the molecule is CC(C)(C)C1CC(c2nc(-c3ccccc3)no2)CCN1C(=O)O. The Morgan fingerprint density at radius 1 is 1.29 bits per heavy atom. The Bertz CT molecular complexity index is 706. The smallest absolute Gasteiger partial charge is 0.407 e. The van der Waals surface area contributed by atoms with Crippen LogP contribution in [-0.4, -0.2) is 38.8 Å². The number of aromatic nitrogens is 2. The molecule has 1 aliphatic heterocycles. The van der Waals surface area contributed by atoms with Gasteiger partial charge >= 0.3 is 6.09 Å². The normalized spacial score (nSPS) is 21.7. The van der Waals surface area contributed by atoms with Gasteiger partial charge in [0.05, 0.1) is 0 Å². The van der Waals surface area contributed by atoms with Gasteiger partial charge in [0.25, 0.3) is 0 Å². The molecule has 0 saturated carbocycles. The van der Waals surface area contributed by atoms with E-state index in [4.69, 9.17) is 4.52 Å². The average molecular weight is 329 g/mol. The fourth-order valence-electron chi connectivity index (χ4n) is 3.35. The third-order valence-electron chi connectivity index (χ3n) is 4.67. The van der Waals surface area contributed by atoms with Gasteiger partial charge in [-0.15, -0.1) is 0 Å². The highest BCUT2D eigenvalue weighted by Gasteiger charge is 2.40. The second-order valence-corrected chi connectivity index (χ2v) is 7.40. The van der Waals surface area contributed by atoms with Crippen LogP contribution in [0.2, 0.25) is 0 Å². The third kappa shape index (κ3) is 3.27. The molecule has 0 aliphatic carbocycles. The molecule has 3 rings (SSSR count). The molecule has 2 aromatic rings. The van der Waals surface area contributed by atoms with Crippen LogP contribution < -0.4 is 0 Å². The topological polar surface area (TPSA) is 79.5 Å². The minimum atomic E-state index is -0.858. The molecule has 2 atom stereocenters. The van der Waals surface area contributed by atoms with E-state index >= 15 is 0 Å². The lowest BCUT2D eigenvalue weighted by molar-refractivity contribution is 0.0483. The summed E-state index contributed by atoms with van der Waals surface area (Å²) < 4.78 is 5.49. The van der Waals surface area contributed by atoms with Gasteiger partial charge in [0.2, 0.25) is 11.7 Å². The van der Waals surface area contributed by atoms with Crippen LogP contribution >= 0.6 is 0 Å². The van der Waals surface area contributed by atoms with Crippen molar-refractivity contribution in [2.45, 2.75) is 45.6 Å². The molecular weight excluding hydrogens is 306 g/mol. The Balaban J connectivity index is 1.81. The monoisotopic (exact) mass is 329 g/mol. The maximum Gasteiger partial charge on any atom is 0.407 e. The van der Waals surface area contributed by atoms with Gasteiger partial charge in [0.15, 0.2) is 0 Å². The van der Waals surface area contributed by atoms with Crippen molar-refractivity contribution in [3.63, 3.8) is 0 Å². The Morgan fingerprint density at radius 2 is 2.00 bits per heavy atom. The van der Waals surface area contributed by atoms with Crippen LogP contribution in [0.1, 0.15) is 45.4 Å². The summed E-state index contributed by atoms with van der Waals surface area (Å²) in [5.41, 5.74) is 0.780. The van der Waals surface area contributed by atoms with Gasteiger partial charge < -0.3 is 14.5 Å². The van der Waals surface area contributed by atoms with Crippen molar-refractivity contribution in [1.29, 1.82) is 0 Å². The van der Waals surface area contributed by atoms with E-state index in [9.17, 15) is 9.90 Å². The van der Waals surface area contributed by atoms with Crippen molar-refractivity contribution in [2.24, 2.45) is 5.41 Å². The molecule has 6 heteroatoms. The summed E-state index contributed by atoms with van der Waals surface area (Å²) in [5, 5.41) is 13.5. The molecule has 1 aromatic carbocycles.